The highest BCUT2D eigenvalue weighted by molar-refractivity contribution is 7.14. The molecule has 3 N–H and O–H groups in total. The van der Waals surface area contributed by atoms with Gasteiger partial charge in [0.1, 0.15) is 0 Å². The van der Waals surface area contributed by atoms with E-state index < -0.39 is 0 Å². The Balaban J connectivity index is 1.15. The van der Waals surface area contributed by atoms with E-state index in [-0.39, 0.29) is 18.4 Å². The van der Waals surface area contributed by atoms with Crippen molar-refractivity contribution < 1.29 is 19.1 Å². The Morgan fingerprint density at radius 1 is 0.956 bits per heavy atom. The van der Waals surface area contributed by atoms with Crippen molar-refractivity contribution >= 4 is 57.5 Å². The molecule has 0 aliphatic rings. The van der Waals surface area contributed by atoms with Crippen molar-refractivity contribution in [1.29, 1.82) is 0 Å². The smallest absolute Gasteiger partial charge is 0.271 e. The van der Waals surface area contributed by atoms with Crippen LogP contribution in [0.4, 0.5) is 16.5 Å². The number of nitrogens with zero attached hydrogens (tertiary/aromatic N) is 2. The van der Waals surface area contributed by atoms with Gasteiger partial charge in [-0.15, -0.1) is 11.3 Å². The first-order chi connectivity index (χ1) is 21.9. The highest BCUT2D eigenvalue weighted by atomic mass is 35.5. The highest BCUT2D eigenvalue weighted by Crippen LogP contribution is 2.29. The molecule has 228 valence electrons. The van der Waals surface area contributed by atoms with Gasteiger partial charge in [0, 0.05) is 22.2 Å². The number of nitrogens with one attached hydrogen (secondary N) is 3. The Labute approximate surface area is 269 Å². The van der Waals surface area contributed by atoms with Crippen molar-refractivity contribution in [3.8, 4) is 22.8 Å². The van der Waals surface area contributed by atoms with Crippen LogP contribution in [0.3, 0.4) is 0 Å². The van der Waals surface area contributed by atoms with Crippen molar-refractivity contribution in [2.75, 3.05) is 23.8 Å². The second-order valence-corrected chi connectivity index (χ2v) is 11.0. The molecule has 45 heavy (non-hydrogen) atoms. The van der Waals surface area contributed by atoms with Gasteiger partial charge in [-0.3, -0.25) is 9.59 Å². The predicted octanol–water partition coefficient (Wildman–Crippen LogP) is 7.70. The van der Waals surface area contributed by atoms with Crippen molar-refractivity contribution in [1.82, 2.24) is 10.4 Å². The summed E-state index contributed by atoms with van der Waals surface area (Å²) < 4.78 is 11.4. The molecule has 1 heterocycles. The first kappa shape index (κ1) is 31.2. The van der Waals surface area contributed by atoms with Gasteiger partial charge in [0.05, 0.1) is 29.2 Å². The van der Waals surface area contributed by atoms with Gasteiger partial charge < -0.3 is 20.1 Å². The lowest BCUT2D eigenvalue weighted by Crippen LogP contribution is -2.20. The molecule has 0 bridgehead atoms. The van der Waals surface area contributed by atoms with Crippen molar-refractivity contribution in [3.05, 3.63) is 118 Å². The maximum absolute atomic E-state index is 12.7. The molecule has 2 amide bonds. The van der Waals surface area contributed by atoms with E-state index in [4.69, 9.17) is 21.1 Å². The quantitative estimate of drug-likeness (QED) is 0.0952. The predicted molar refractivity (Wildman–Crippen MR) is 180 cm³/mol. The van der Waals surface area contributed by atoms with E-state index in [2.05, 4.69) is 26.1 Å². The number of hydrazone groups is 1. The summed E-state index contributed by atoms with van der Waals surface area (Å²) in [6.07, 6.45) is 1.50. The topological polar surface area (TPSA) is 114 Å². The number of hydrogen-bond acceptors (Lipinski definition) is 8. The van der Waals surface area contributed by atoms with Gasteiger partial charge in [-0.05, 0) is 74.0 Å². The van der Waals surface area contributed by atoms with E-state index in [0.717, 1.165) is 22.1 Å². The average molecular weight is 640 g/mol. The summed E-state index contributed by atoms with van der Waals surface area (Å²) in [6.45, 7) is 4.05. The molecule has 0 atom stereocenters. The first-order valence-electron chi connectivity index (χ1n) is 14.0. The molecule has 0 aliphatic carbocycles. The standard InChI is InChI=1S/C34H30ClN5O4S/c1-3-43-31-18-23(10-17-30(31)44-20-32(41)38-28-7-5-4-6-27(28)35)19-36-40-33(42)25-13-11-24(12-14-25)29-21-45-34(39-29)37-26-15-8-22(2)9-16-26/h4-19,21H,3,20H2,1-2H3,(H,37,39)(H,38,41)(H,40,42)/b36-19+. The second kappa shape index (κ2) is 15.0. The summed E-state index contributed by atoms with van der Waals surface area (Å²) in [4.78, 5) is 29.7. The van der Waals surface area contributed by atoms with Gasteiger partial charge in [0.2, 0.25) is 0 Å². The minimum Gasteiger partial charge on any atom is -0.490 e. The minimum absolute atomic E-state index is 0.235. The van der Waals surface area contributed by atoms with E-state index in [0.29, 0.717) is 39.9 Å². The fourth-order valence-corrected chi connectivity index (χ4v) is 5.05. The van der Waals surface area contributed by atoms with Gasteiger partial charge >= 0.3 is 0 Å². The van der Waals surface area contributed by atoms with Crippen LogP contribution in [-0.4, -0.2) is 36.2 Å². The monoisotopic (exact) mass is 639 g/mol. The summed E-state index contributed by atoms with van der Waals surface area (Å²) in [5.74, 6) is 0.115. The fraction of sp³-hybridized carbons (Fsp3) is 0.118. The van der Waals surface area contributed by atoms with Crippen LogP contribution >= 0.6 is 22.9 Å². The molecule has 0 spiro atoms. The largest absolute Gasteiger partial charge is 0.490 e. The molecule has 4 aromatic carbocycles. The van der Waals surface area contributed by atoms with E-state index in [9.17, 15) is 9.59 Å². The number of amides is 2. The van der Waals surface area contributed by atoms with E-state index in [1.807, 2.05) is 55.6 Å². The Kier molecular flexibility index (Phi) is 10.4. The Hall–Kier alpha value is -5.19. The van der Waals surface area contributed by atoms with Crippen LogP contribution in [0.15, 0.2) is 101 Å². The number of carbonyl (C=O) groups excluding carboxylic acids is 2. The van der Waals surface area contributed by atoms with Crippen molar-refractivity contribution in [3.63, 3.8) is 0 Å². The van der Waals surface area contributed by atoms with Gasteiger partial charge in [-0.2, -0.15) is 5.10 Å². The number of thiazole rings is 1. The molecule has 0 radical (unpaired) electrons. The zero-order valence-electron chi connectivity index (χ0n) is 24.5. The number of ether oxygens (including phenoxy) is 2. The summed E-state index contributed by atoms with van der Waals surface area (Å²) in [5, 5.41) is 13.3. The van der Waals surface area contributed by atoms with Crippen molar-refractivity contribution in [2.24, 2.45) is 5.10 Å². The molecule has 1 aromatic heterocycles. The number of hydrogen-bond donors (Lipinski definition) is 3. The molecule has 5 aromatic rings. The SMILES string of the molecule is CCOc1cc(/C=N/NC(=O)c2ccc(-c3csc(Nc4ccc(C)cc4)n3)cc2)ccc1OCC(=O)Nc1ccccc1Cl. The zero-order chi connectivity index (χ0) is 31.6. The number of benzene rings is 4. The third kappa shape index (κ3) is 8.69. The molecule has 0 fully saturated rings. The molecule has 5 rings (SSSR count). The molecule has 9 nitrogen and oxygen atoms in total. The number of rotatable bonds is 12. The maximum Gasteiger partial charge on any atom is 0.271 e. The van der Waals surface area contributed by atoms with Gasteiger partial charge in [0.25, 0.3) is 11.8 Å². The van der Waals surface area contributed by atoms with Crippen molar-refractivity contribution in [2.45, 2.75) is 13.8 Å². The number of aromatic nitrogens is 1. The van der Waals surface area contributed by atoms with E-state index in [1.54, 1.807) is 54.6 Å². The summed E-state index contributed by atoms with van der Waals surface area (Å²) in [5.41, 5.74) is 8.06. The summed E-state index contributed by atoms with van der Waals surface area (Å²) in [7, 11) is 0. The van der Waals surface area contributed by atoms with Crippen LogP contribution in [0.2, 0.25) is 5.02 Å². The first-order valence-corrected chi connectivity index (χ1v) is 15.3. The number of carbonyl (C=O) groups is 2. The summed E-state index contributed by atoms with van der Waals surface area (Å²) in [6, 6.07) is 27.4. The second-order valence-electron chi connectivity index (χ2n) is 9.76. The molecule has 0 saturated heterocycles. The van der Waals surface area contributed by atoms with Gasteiger partial charge in [0.15, 0.2) is 23.2 Å². The summed E-state index contributed by atoms with van der Waals surface area (Å²) >= 11 is 7.61. The minimum atomic E-state index is -0.363. The molecular formula is C34H30ClN5O4S. The molecule has 0 unspecified atom stereocenters. The maximum atomic E-state index is 12.7. The Morgan fingerprint density at radius 2 is 1.73 bits per heavy atom. The van der Waals surface area contributed by atoms with Gasteiger partial charge in [-0.1, -0.05) is 53.6 Å². The molecule has 0 saturated carbocycles. The van der Waals surface area contributed by atoms with Crippen LogP contribution in [-0.2, 0) is 4.79 Å². The molecular weight excluding hydrogens is 610 g/mol. The third-order valence-electron chi connectivity index (χ3n) is 6.40. The average Bonchev–Trinajstić information content (AvgIpc) is 3.51. The molecule has 11 heteroatoms. The highest BCUT2D eigenvalue weighted by Gasteiger charge is 2.11. The van der Waals surface area contributed by atoms with Crippen LogP contribution in [0, 0.1) is 6.92 Å². The van der Waals surface area contributed by atoms with Crippen LogP contribution < -0.4 is 25.5 Å². The van der Waals surface area contributed by atoms with E-state index >= 15 is 0 Å². The number of halogens is 1. The Bertz CT molecular complexity index is 1810. The number of aryl methyl sites for hydroxylation is 1. The number of para-hydroxylation sites is 1. The molecule has 0 aliphatic heterocycles. The van der Waals surface area contributed by atoms with Crippen LogP contribution in [0.25, 0.3) is 11.3 Å². The van der Waals surface area contributed by atoms with Crippen LogP contribution in [0.5, 0.6) is 11.5 Å². The van der Waals surface area contributed by atoms with Gasteiger partial charge in [-0.25, -0.2) is 10.4 Å². The lowest BCUT2D eigenvalue weighted by Gasteiger charge is -2.13. The zero-order valence-corrected chi connectivity index (χ0v) is 26.1. The lowest BCUT2D eigenvalue weighted by atomic mass is 10.1. The third-order valence-corrected chi connectivity index (χ3v) is 7.49. The number of anilines is 3. The fourth-order valence-electron chi connectivity index (χ4n) is 4.13. The van der Waals surface area contributed by atoms with Crippen LogP contribution in [0.1, 0.15) is 28.4 Å². The normalized spacial score (nSPS) is 10.8. The lowest BCUT2D eigenvalue weighted by molar-refractivity contribution is -0.118. The Morgan fingerprint density at radius 3 is 2.49 bits per heavy atom. The van der Waals surface area contributed by atoms with E-state index in [1.165, 1.54) is 23.1 Å².